The fourth-order valence-electron chi connectivity index (χ4n) is 5.54. The van der Waals surface area contributed by atoms with Crippen LogP contribution in [0.15, 0.2) is 24.3 Å². The first-order chi connectivity index (χ1) is 19.0. The third-order valence-corrected chi connectivity index (χ3v) is 8.08. The van der Waals surface area contributed by atoms with Crippen molar-refractivity contribution in [1.82, 2.24) is 0 Å². The zero-order chi connectivity index (χ0) is 28.3. The standard InChI is InChI=1S/C36H60N2O/c1-5-9-13-17-21-29-25-33(26-30(35(29)37)22-18-14-10-6-2)39-34-27-31(23-19-15-11-7-3)36(38)32(28-34)24-20-16-12-8-4/h25-28H,5-24,37-38H2,1-4H3. The molecule has 2 aromatic rings. The lowest BCUT2D eigenvalue weighted by molar-refractivity contribution is 0.479. The largest absolute Gasteiger partial charge is 0.457 e. The van der Waals surface area contributed by atoms with E-state index in [0.717, 1.165) is 48.6 Å². The van der Waals surface area contributed by atoms with E-state index in [1.165, 1.54) is 125 Å². The summed E-state index contributed by atoms with van der Waals surface area (Å²) >= 11 is 0. The van der Waals surface area contributed by atoms with Crippen molar-refractivity contribution in [3.8, 4) is 11.5 Å². The predicted octanol–water partition coefficient (Wildman–Crippen LogP) is 11.1. The lowest BCUT2D eigenvalue weighted by Crippen LogP contribution is -2.04. The molecule has 3 heteroatoms. The molecule has 0 unspecified atom stereocenters. The van der Waals surface area contributed by atoms with Gasteiger partial charge in [-0.25, -0.2) is 0 Å². The van der Waals surface area contributed by atoms with Crippen LogP contribution < -0.4 is 16.2 Å². The summed E-state index contributed by atoms with van der Waals surface area (Å²) in [6.07, 6.45) is 24.0. The van der Waals surface area contributed by atoms with E-state index in [-0.39, 0.29) is 0 Å². The van der Waals surface area contributed by atoms with Crippen LogP contribution in [-0.4, -0.2) is 0 Å². The summed E-state index contributed by atoms with van der Waals surface area (Å²) in [5, 5.41) is 0. The van der Waals surface area contributed by atoms with Gasteiger partial charge in [0.15, 0.2) is 0 Å². The first-order valence-electron chi connectivity index (χ1n) is 16.5. The molecule has 4 N–H and O–H groups in total. The highest BCUT2D eigenvalue weighted by Crippen LogP contribution is 2.34. The molecule has 0 bridgehead atoms. The average molecular weight is 537 g/mol. The van der Waals surface area contributed by atoms with Crippen LogP contribution >= 0.6 is 0 Å². The molecule has 0 radical (unpaired) electrons. The van der Waals surface area contributed by atoms with Gasteiger partial charge in [0.2, 0.25) is 0 Å². The van der Waals surface area contributed by atoms with E-state index < -0.39 is 0 Å². The summed E-state index contributed by atoms with van der Waals surface area (Å²) in [5.74, 6) is 1.86. The van der Waals surface area contributed by atoms with E-state index in [4.69, 9.17) is 16.2 Å². The van der Waals surface area contributed by atoms with Gasteiger partial charge in [-0.2, -0.15) is 0 Å². The molecule has 2 aromatic carbocycles. The van der Waals surface area contributed by atoms with Crippen LogP contribution in [0.1, 0.15) is 153 Å². The minimum absolute atomic E-state index is 0.929. The van der Waals surface area contributed by atoms with Crippen molar-refractivity contribution >= 4 is 11.4 Å². The van der Waals surface area contributed by atoms with Crippen molar-refractivity contribution in [1.29, 1.82) is 0 Å². The van der Waals surface area contributed by atoms with Crippen molar-refractivity contribution < 1.29 is 4.74 Å². The average Bonchev–Trinajstić information content (AvgIpc) is 2.93. The normalized spacial score (nSPS) is 11.3. The molecule has 0 fully saturated rings. The molecule has 39 heavy (non-hydrogen) atoms. The second kappa shape index (κ2) is 19.8. The van der Waals surface area contributed by atoms with Crippen LogP contribution in [0.2, 0.25) is 0 Å². The lowest BCUT2D eigenvalue weighted by Gasteiger charge is -2.18. The number of anilines is 2. The van der Waals surface area contributed by atoms with Gasteiger partial charge in [-0.3, -0.25) is 0 Å². The second-order valence-corrected chi connectivity index (χ2v) is 11.7. The topological polar surface area (TPSA) is 61.3 Å². The first-order valence-corrected chi connectivity index (χ1v) is 16.5. The van der Waals surface area contributed by atoms with E-state index in [9.17, 15) is 0 Å². The molecule has 0 spiro atoms. The van der Waals surface area contributed by atoms with E-state index in [1.807, 2.05) is 0 Å². The van der Waals surface area contributed by atoms with E-state index in [1.54, 1.807) is 0 Å². The summed E-state index contributed by atoms with van der Waals surface area (Å²) in [6, 6.07) is 8.81. The Balaban J connectivity index is 2.32. The van der Waals surface area contributed by atoms with Gasteiger partial charge < -0.3 is 16.2 Å². The number of ether oxygens (including phenoxy) is 1. The molecule has 0 aliphatic carbocycles. The van der Waals surface area contributed by atoms with Crippen LogP contribution in [0.25, 0.3) is 0 Å². The number of unbranched alkanes of at least 4 members (excludes halogenated alkanes) is 12. The molecule has 0 aromatic heterocycles. The molecule has 0 aliphatic rings. The van der Waals surface area contributed by atoms with Crippen molar-refractivity contribution in [2.45, 2.75) is 156 Å². The van der Waals surface area contributed by atoms with E-state index in [0.29, 0.717) is 0 Å². The molecular formula is C36H60N2O. The monoisotopic (exact) mass is 536 g/mol. The first kappa shape index (κ1) is 33.0. The van der Waals surface area contributed by atoms with Gasteiger partial charge in [-0.15, -0.1) is 0 Å². The van der Waals surface area contributed by atoms with Crippen LogP contribution in [0.4, 0.5) is 11.4 Å². The Bertz CT molecular complexity index is 794. The third-order valence-electron chi connectivity index (χ3n) is 8.08. The number of hydrogen-bond acceptors (Lipinski definition) is 3. The molecule has 0 aliphatic heterocycles. The van der Waals surface area contributed by atoms with Gasteiger partial charge in [-0.05, 0) is 97.9 Å². The fraction of sp³-hybridized carbons (Fsp3) is 0.667. The van der Waals surface area contributed by atoms with Crippen molar-refractivity contribution in [3.05, 3.63) is 46.5 Å². The van der Waals surface area contributed by atoms with E-state index >= 15 is 0 Å². The fourth-order valence-corrected chi connectivity index (χ4v) is 5.54. The minimum atomic E-state index is 0.929. The molecule has 220 valence electrons. The van der Waals surface area contributed by atoms with Crippen LogP contribution in [0.3, 0.4) is 0 Å². The van der Waals surface area contributed by atoms with Gasteiger partial charge in [0.25, 0.3) is 0 Å². The Kier molecular flexibility index (Phi) is 16.8. The molecule has 0 saturated carbocycles. The van der Waals surface area contributed by atoms with Crippen molar-refractivity contribution in [2.24, 2.45) is 0 Å². The predicted molar refractivity (Wildman–Crippen MR) is 173 cm³/mol. The molecule has 0 amide bonds. The number of nitrogens with two attached hydrogens (primary N) is 2. The maximum absolute atomic E-state index is 6.73. The highest BCUT2D eigenvalue weighted by atomic mass is 16.5. The zero-order valence-corrected chi connectivity index (χ0v) is 26.0. The van der Waals surface area contributed by atoms with Gasteiger partial charge in [0.1, 0.15) is 11.5 Å². The van der Waals surface area contributed by atoms with Crippen LogP contribution in [0.5, 0.6) is 11.5 Å². The van der Waals surface area contributed by atoms with Crippen molar-refractivity contribution in [2.75, 3.05) is 11.5 Å². The van der Waals surface area contributed by atoms with Crippen LogP contribution in [0, 0.1) is 0 Å². The summed E-state index contributed by atoms with van der Waals surface area (Å²) in [4.78, 5) is 0. The Hall–Kier alpha value is -2.16. The molecule has 0 atom stereocenters. The zero-order valence-electron chi connectivity index (χ0n) is 26.0. The summed E-state index contributed by atoms with van der Waals surface area (Å²) in [5.41, 5.74) is 20.4. The Morgan fingerprint density at radius 3 is 0.897 bits per heavy atom. The van der Waals surface area contributed by atoms with Crippen molar-refractivity contribution in [3.63, 3.8) is 0 Å². The third kappa shape index (κ3) is 12.3. The molecule has 3 nitrogen and oxygen atoms in total. The molecule has 2 rings (SSSR count). The summed E-state index contributed by atoms with van der Waals surface area (Å²) < 4.78 is 6.65. The Morgan fingerprint density at radius 1 is 0.410 bits per heavy atom. The Morgan fingerprint density at radius 2 is 0.667 bits per heavy atom. The Labute approximate surface area is 241 Å². The smallest absolute Gasteiger partial charge is 0.128 e. The molecule has 0 saturated heterocycles. The molecule has 0 heterocycles. The highest BCUT2D eigenvalue weighted by molar-refractivity contribution is 5.60. The molecular weight excluding hydrogens is 476 g/mol. The van der Waals surface area contributed by atoms with Gasteiger partial charge in [-0.1, -0.05) is 105 Å². The number of hydrogen-bond donors (Lipinski definition) is 2. The lowest BCUT2D eigenvalue weighted by atomic mass is 9.96. The summed E-state index contributed by atoms with van der Waals surface area (Å²) in [6.45, 7) is 9.06. The summed E-state index contributed by atoms with van der Waals surface area (Å²) in [7, 11) is 0. The number of benzene rings is 2. The number of aryl methyl sites for hydroxylation is 4. The van der Waals surface area contributed by atoms with Crippen LogP contribution in [-0.2, 0) is 25.7 Å². The maximum Gasteiger partial charge on any atom is 0.128 e. The minimum Gasteiger partial charge on any atom is -0.457 e. The van der Waals surface area contributed by atoms with Gasteiger partial charge >= 0.3 is 0 Å². The SMILES string of the molecule is CCCCCCc1cc(Oc2cc(CCCCCC)c(N)c(CCCCCC)c2)cc(CCCCCC)c1N. The highest BCUT2D eigenvalue weighted by Gasteiger charge is 2.13. The van der Waals surface area contributed by atoms with Gasteiger partial charge in [0, 0.05) is 11.4 Å². The van der Waals surface area contributed by atoms with Gasteiger partial charge in [0.05, 0.1) is 0 Å². The quantitative estimate of drug-likeness (QED) is 0.116. The maximum atomic E-state index is 6.73. The number of rotatable bonds is 22. The number of nitrogen functional groups attached to an aromatic ring is 2. The second-order valence-electron chi connectivity index (χ2n) is 11.7. The van der Waals surface area contributed by atoms with E-state index in [2.05, 4.69) is 52.0 Å².